The van der Waals surface area contributed by atoms with E-state index in [-0.39, 0.29) is 0 Å². The first-order valence-electron chi connectivity index (χ1n) is 5.57. The maximum atomic E-state index is 5.80. The van der Waals surface area contributed by atoms with E-state index >= 15 is 0 Å². The Morgan fingerprint density at radius 2 is 1.74 bits per heavy atom. The quantitative estimate of drug-likeness (QED) is 0.803. The third-order valence-electron chi connectivity index (χ3n) is 2.49. The molecule has 102 valence electrons. The summed E-state index contributed by atoms with van der Waals surface area (Å²) in [5.41, 5.74) is 5.59. The van der Waals surface area contributed by atoms with Crippen molar-refractivity contribution >= 4 is 43.2 Å². The fourth-order valence-electron chi connectivity index (χ4n) is 1.54. The smallest absolute Gasteiger partial charge is 0.135 e. The lowest BCUT2D eigenvalue weighted by molar-refractivity contribution is 0.306. The van der Waals surface area contributed by atoms with Gasteiger partial charge in [-0.1, -0.05) is 0 Å². The Morgan fingerprint density at radius 3 is 2.37 bits per heavy atom. The summed E-state index contributed by atoms with van der Waals surface area (Å²) in [5, 5.41) is 0. The van der Waals surface area contributed by atoms with Crippen molar-refractivity contribution in [3.63, 3.8) is 0 Å². The average Bonchev–Trinajstić information content (AvgIpc) is 2.87. The molecule has 2 aromatic rings. The van der Waals surface area contributed by atoms with Crippen molar-refractivity contribution in [3.8, 4) is 11.5 Å². The second kappa shape index (κ2) is 6.74. The van der Waals surface area contributed by atoms with Crippen LogP contribution in [-0.4, -0.2) is 7.11 Å². The second-order valence-corrected chi connectivity index (χ2v) is 6.74. The first-order chi connectivity index (χ1) is 9.13. The summed E-state index contributed by atoms with van der Waals surface area (Å²) in [6, 6.07) is 7.83. The van der Waals surface area contributed by atoms with Crippen LogP contribution in [-0.2, 0) is 13.2 Å². The zero-order valence-corrected chi connectivity index (χ0v) is 14.3. The molecule has 0 radical (unpaired) electrons. The molecular weight excluding hydrogens is 394 g/mol. The topological polar surface area (TPSA) is 44.5 Å². The minimum atomic E-state index is 0.530. The van der Waals surface area contributed by atoms with E-state index in [1.54, 1.807) is 18.4 Å². The van der Waals surface area contributed by atoms with E-state index in [2.05, 4.69) is 31.9 Å². The molecule has 1 aromatic heterocycles. The van der Waals surface area contributed by atoms with Crippen LogP contribution in [0.15, 0.2) is 33.2 Å². The number of nitrogens with two attached hydrogens (primary N) is 1. The maximum Gasteiger partial charge on any atom is 0.135 e. The highest BCUT2D eigenvalue weighted by Gasteiger charge is 2.09. The molecule has 0 aliphatic carbocycles. The number of thiophene rings is 1. The van der Waals surface area contributed by atoms with Crippen LogP contribution in [0.3, 0.4) is 0 Å². The van der Waals surface area contributed by atoms with Gasteiger partial charge in [0.05, 0.1) is 16.1 Å². The van der Waals surface area contributed by atoms with Crippen LogP contribution >= 0.6 is 43.2 Å². The van der Waals surface area contributed by atoms with Crippen LogP contribution in [0.2, 0.25) is 0 Å². The van der Waals surface area contributed by atoms with E-state index < -0.39 is 0 Å². The van der Waals surface area contributed by atoms with Gasteiger partial charge in [-0.2, -0.15) is 0 Å². The number of benzene rings is 1. The van der Waals surface area contributed by atoms with Crippen molar-refractivity contribution in [2.75, 3.05) is 7.11 Å². The third-order valence-corrected chi connectivity index (χ3v) is 4.82. The molecule has 3 nitrogen and oxygen atoms in total. The molecule has 0 bridgehead atoms. The van der Waals surface area contributed by atoms with Gasteiger partial charge < -0.3 is 15.2 Å². The van der Waals surface area contributed by atoms with Crippen LogP contribution in [0.5, 0.6) is 11.5 Å². The maximum absolute atomic E-state index is 5.80. The Balaban J connectivity index is 2.09. The van der Waals surface area contributed by atoms with Crippen molar-refractivity contribution in [1.82, 2.24) is 0 Å². The van der Waals surface area contributed by atoms with E-state index in [0.29, 0.717) is 13.2 Å². The molecule has 0 spiro atoms. The number of hydrogen-bond acceptors (Lipinski definition) is 4. The molecule has 0 aliphatic rings. The van der Waals surface area contributed by atoms with E-state index in [4.69, 9.17) is 15.2 Å². The largest absolute Gasteiger partial charge is 0.496 e. The predicted octanol–water partition coefficient (Wildman–Crippen LogP) is 4.32. The molecule has 0 aliphatic heterocycles. The lowest BCUT2D eigenvalue weighted by Gasteiger charge is -2.10. The van der Waals surface area contributed by atoms with Crippen molar-refractivity contribution in [2.24, 2.45) is 5.73 Å². The fourth-order valence-corrected chi connectivity index (χ4v) is 3.27. The van der Waals surface area contributed by atoms with Gasteiger partial charge in [0, 0.05) is 16.3 Å². The first-order valence-corrected chi connectivity index (χ1v) is 7.97. The normalized spacial score (nSPS) is 10.5. The van der Waals surface area contributed by atoms with E-state index in [1.165, 1.54) is 0 Å². The van der Waals surface area contributed by atoms with Gasteiger partial charge in [-0.25, -0.2) is 0 Å². The molecule has 0 saturated heterocycles. The highest BCUT2D eigenvalue weighted by atomic mass is 79.9. The third kappa shape index (κ3) is 3.72. The van der Waals surface area contributed by atoms with Crippen LogP contribution < -0.4 is 15.2 Å². The molecule has 2 rings (SSSR count). The minimum absolute atomic E-state index is 0.530. The van der Waals surface area contributed by atoms with Gasteiger partial charge in [0.25, 0.3) is 0 Å². The van der Waals surface area contributed by atoms with E-state index in [9.17, 15) is 0 Å². The SMILES string of the molecule is COc1cc(Br)c(OCc2ccc(CN)s2)cc1Br. The number of hydrogen-bond donors (Lipinski definition) is 1. The van der Waals surface area contributed by atoms with Crippen molar-refractivity contribution in [3.05, 3.63) is 43.0 Å². The Labute approximate surface area is 133 Å². The summed E-state index contributed by atoms with van der Waals surface area (Å²) in [5.74, 6) is 1.54. The highest BCUT2D eigenvalue weighted by Crippen LogP contribution is 2.36. The monoisotopic (exact) mass is 405 g/mol. The summed E-state index contributed by atoms with van der Waals surface area (Å²) >= 11 is 8.58. The first kappa shape index (κ1) is 14.8. The van der Waals surface area contributed by atoms with Crippen molar-refractivity contribution < 1.29 is 9.47 Å². The number of halogens is 2. The zero-order valence-electron chi connectivity index (χ0n) is 10.3. The summed E-state index contributed by atoms with van der Waals surface area (Å²) in [6.07, 6.45) is 0. The molecule has 0 unspecified atom stereocenters. The number of ether oxygens (including phenoxy) is 2. The van der Waals surface area contributed by atoms with Gasteiger partial charge in [0.15, 0.2) is 0 Å². The average molecular weight is 407 g/mol. The van der Waals surface area contributed by atoms with Gasteiger partial charge in [-0.05, 0) is 56.1 Å². The van der Waals surface area contributed by atoms with Gasteiger partial charge in [0.1, 0.15) is 18.1 Å². The standard InChI is InChI=1S/C13H13Br2NO2S/c1-17-12-4-11(15)13(5-10(12)14)18-7-9-3-2-8(6-16)19-9/h2-5H,6-7,16H2,1H3. The molecule has 0 amide bonds. The molecule has 0 fully saturated rings. The highest BCUT2D eigenvalue weighted by molar-refractivity contribution is 9.11. The van der Waals surface area contributed by atoms with Crippen LogP contribution in [0.25, 0.3) is 0 Å². The van der Waals surface area contributed by atoms with Gasteiger partial charge in [0.2, 0.25) is 0 Å². The number of rotatable bonds is 5. The molecule has 2 N–H and O–H groups in total. The molecule has 0 atom stereocenters. The molecule has 1 aromatic carbocycles. The van der Waals surface area contributed by atoms with Crippen molar-refractivity contribution in [2.45, 2.75) is 13.2 Å². The van der Waals surface area contributed by atoms with Crippen LogP contribution in [0.4, 0.5) is 0 Å². The summed E-state index contributed by atoms with van der Waals surface area (Å²) < 4.78 is 12.7. The summed E-state index contributed by atoms with van der Waals surface area (Å²) in [7, 11) is 1.63. The molecule has 1 heterocycles. The lowest BCUT2D eigenvalue weighted by Crippen LogP contribution is -1.95. The Bertz CT molecular complexity index is 572. The Morgan fingerprint density at radius 1 is 1.11 bits per heavy atom. The number of methoxy groups -OCH3 is 1. The molecule has 6 heteroatoms. The Hall–Kier alpha value is -0.560. The van der Waals surface area contributed by atoms with E-state index in [1.807, 2.05) is 24.3 Å². The second-order valence-electron chi connectivity index (χ2n) is 3.78. The molecule has 19 heavy (non-hydrogen) atoms. The van der Waals surface area contributed by atoms with Crippen molar-refractivity contribution in [1.29, 1.82) is 0 Å². The zero-order chi connectivity index (χ0) is 13.8. The van der Waals surface area contributed by atoms with Crippen LogP contribution in [0.1, 0.15) is 9.75 Å². The van der Waals surface area contributed by atoms with Gasteiger partial charge in [-0.3, -0.25) is 0 Å². The Kier molecular flexibility index (Phi) is 5.27. The molecule has 0 saturated carbocycles. The van der Waals surface area contributed by atoms with Gasteiger partial charge in [-0.15, -0.1) is 11.3 Å². The predicted molar refractivity (Wildman–Crippen MR) is 84.9 cm³/mol. The summed E-state index contributed by atoms with van der Waals surface area (Å²) in [4.78, 5) is 2.31. The van der Waals surface area contributed by atoms with Crippen LogP contribution in [0, 0.1) is 0 Å². The van der Waals surface area contributed by atoms with Gasteiger partial charge >= 0.3 is 0 Å². The minimum Gasteiger partial charge on any atom is -0.496 e. The molecular formula is C13H13Br2NO2S. The van der Waals surface area contributed by atoms with E-state index in [0.717, 1.165) is 30.2 Å². The lowest BCUT2D eigenvalue weighted by atomic mass is 10.3. The summed E-state index contributed by atoms with van der Waals surface area (Å²) in [6.45, 7) is 1.10. The fraction of sp³-hybridized carbons (Fsp3) is 0.231.